The van der Waals surface area contributed by atoms with Gasteiger partial charge in [0.05, 0.1) is 25.2 Å². The van der Waals surface area contributed by atoms with Crippen LogP contribution in [0.25, 0.3) is 5.69 Å². The van der Waals surface area contributed by atoms with Crippen molar-refractivity contribution < 1.29 is 4.74 Å². The number of anilines is 3. The Balaban J connectivity index is 1.93. The average Bonchev–Trinajstić information content (AvgIpc) is 3.10. The van der Waals surface area contributed by atoms with Crippen molar-refractivity contribution in [2.24, 2.45) is 0 Å². The first-order chi connectivity index (χ1) is 12.6. The van der Waals surface area contributed by atoms with Gasteiger partial charge in [0, 0.05) is 37.1 Å². The molecule has 3 rings (SSSR count). The van der Waals surface area contributed by atoms with Crippen LogP contribution in [-0.2, 0) is 6.54 Å². The first-order valence-electron chi connectivity index (χ1n) is 8.16. The maximum absolute atomic E-state index is 5.37. The molecule has 0 spiro atoms. The predicted molar refractivity (Wildman–Crippen MR) is 100 cm³/mol. The molecule has 0 saturated carbocycles. The van der Waals surface area contributed by atoms with E-state index in [-0.39, 0.29) is 0 Å². The van der Waals surface area contributed by atoms with Gasteiger partial charge in [-0.3, -0.25) is 0 Å². The standard InChI is InChI=1S/C17H22N8O/c1-11-5-15(19-3)24-17(22-11)23-13-6-14(16(26-4)20-9-13)25-10-12(7-18-2)8-21-25/h5-6,8-10,18H,7H2,1-4H3,(H2,19,22,23,24). The fourth-order valence-electron chi connectivity index (χ4n) is 2.50. The minimum Gasteiger partial charge on any atom is -0.479 e. The highest BCUT2D eigenvalue weighted by molar-refractivity contribution is 5.60. The van der Waals surface area contributed by atoms with Gasteiger partial charge in [-0.2, -0.15) is 10.1 Å². The van der Waals surface area contributed by atoms with Crippen LogP contribution in [0.3, 0.4) is 0 Å². The summed E-state index contributed by atoms with van der Waals surface area (Å²) >= 11 is 0. The lowest BCUT2D eigenvalue weighted by Gasteiger charge is -2.11. The summed E-state index contributed by atoms with van der Waals surface area (Å²) in [6.07, 6.45) is 5.41. The summed E-state index contributed by atoms with van der Waals surface area (Å²) in [5, 5.41) is 13.7. The Morgan fingerprint density at radius 2 is 2.00 bits per heavy atom. The Kier molecular flexibility index (Phi) is 5.28. The summed E-state index contributed by atoms with van der Waals surface area (Å²) in [6.45, 7) is 2.65. The topological polar surface area (TPSA) is 102 Å². The van der Waals surface area contributed by atoms with Crippen LogP contribution < -0.4 is 20.7 Å². The Bertz CT molecular complexity index is 892. The summed E-state index contributed by atoms with van der Waals surface area (Å²) < 4.78 is 7.11. The molecule has 0 radical (unpaired) electrons. The molecular formula is C17H22N8O. The van der Waals surface area contributed by atoms with E-state index in [1.165, 1.54) is 0 Å². The largest absolute Gasteiger partial charge is 0.479 e. The van der Waals surface area contributed by atoms with Gasteiger partial charge in [0.1, 0.15) is 11.5 Å². The number of hydrogen-bond donors (Lipinski definition) is 3. The molecule has 0 aliphatic heterocycles. The zero-order valence-electron chi connectivity index (χ0n) is 15.2. The normalized spacial score (nSPS) is 10.6. The smallest absolute Gasteiger partial charge is 0.239 e. The number of aryl methyl sites for hydroxylation is 1. The SMILES string of the molecule is CNCc1cnn(-c2cc(Nc3nc(C)cc(NC)n3)cnc2OC)c1. The number of rotatable bonds is 7. The number of methoxy groups -OCH3 is 1. The molecule has 0 saturated heterocycles. The molecule has 0 atom stereocenters. The molecule has 0 aliphatic carbocycles. The van der Waals surface area contributed by atoms with Gasteiger partial charge in [-0.15, -0.1) is 0 Å². The molecule has 0 aliphatic rings. The first kappa shape index (κ1) is 17.6. The average molecular weight is 354 g/mol. The Labute approximate surface area is 151 Å². The highest BCUT2D eigenvalue weighted by Gasteiger charge is 2.11. The number of ether oxygens (including phenoxy) is 1. The highest BCUT2D eigenvalue weighted by atomic mass is 16.5. The van der Waals surface area contributed by atoms with Crippen LogP contribution in [0, 0.1) is 6.92 Å². The Morgan fingerprint density at radius 1 is 1.15 bits per heavy atom. The minimum atomic E-state index is 0.482. The maximum atomic E-state index is 5.37. The fraction of sp³-hybridized carbons (Fsp3) is 0.294. The summed E-state index contributed by atoms with van der Waals surface area (Å²) in [6, 6.07) is 3.77. The summed E-state index contributed by atoms with van der Waals surface area (Å²) in [5.74, 6) is 1.71. The van der Waals surface area contributed by atoms with Gasteiger partial charge < -0.3 is 20.7 Å². The highest BCUT2D eigenvalue weighted by Crippen LogP contribution is 2.25. The lowest BCUT2D eigenvalue weighted by molar-refractivity contribution is 0.395. The molecule has 3 aromatic heterocycles. The zero-order valence-corrected chi connectivity index (χ0v) is 15.2. The van der Waals surface area contributed by atoms with E-state index in [2.05, 4.69) is 36.0 Å². The van der Waals surface area contributed by atoms with E-state index >= 15 is 0 Å². The van der Waals surface area contributed by atoms with E-state index < -0.39 is 0 Å². The molecule has 3 aromatic rings. The van der Waals surface area contributed by atoms with Crippen molar-refractivity contribution in [3.05, 3.63) is 42.0 Å². The Hall–Kier alpha value is -3.20. The minimum absolute atomic E-state index is 0.482. The van der Waals surface area contributed by atoms with Gasteiger partial charge >= 0.3 is 0 Å². The summed E-state index contributed by atoms with van der Waals surface area (Å²) in [7, 11) is 5.30. The van der Waals surface area contributed by atoms with E-state index in [9.17, 15) is 0 Å². The zero-order chi connectivity index (χ0) is 18.5. The second-order valence-electron chi connectivity index (χ2n) is 5.67. The lowest BCUT2D eigenvalue weighted by atomic mass is 10.3. The van der Waals surface area contributed by atoms with E-state index in [0.717, 1.165) is 35.0 Å². The van der Waals surface area contributed by atoms with Crippen LogP contribution in [0.4, 0.5) is 17.5 Å². The van der Waals surface area contributed by atoms with Crippen LogP contribution in [0.2, 0.25) is 0 Å². The third kappa shape index (κ3) is 3.89. The second-order valence-corrected chi connectivity index (χ2v) is 5.67. The van der Waals surface area contributed by atoms with E-state index in [0.29, 0.717) is 11.8 Å². The van der Waals surface area contributed by atoms with E-state index in [4.69, 9.17) is 4.74 Å². The van der Waals surface area contributed by atoms with Crippen LogP contribution in [0.15, 0.2) is 30.7 Å². The summed E-state index contributed by atoms with van der Waals surface area (Å²) in [5.41, 5.74) is 3.38. The third-order valence-corrected chi connectivity index (χ3v) is 3.66. The molecule has 3 N–H and O–H groups in total. The number of aromatic nitrogens is 5. The maximum Gasteiger partial charge on any atom is 0.239 e. The van der Waals surface area contributed by atoms with Crippen LogP contribution in [0.1, 0.15) is 11.3 Å². The van der Waals surface area contributed by atoms with Crippen LogP contribution >= 0.6 is 0 Å². The van der Waals surface area contributed by atoms with Gasteiger partial charge in [0.15, 0.2) is 0 Å². The number of nitrogens with one attached hydrogen (secondary N) is 3. The van der Waals surface area contributed by atoms with Gasteiger partial charge in [-0.1, -0.05) is 0 Å². The first-order valence-corrected chi connectivity index (χ1v) is 8.16. The molecular weight excluding hydrogens is 332 g/mol. The van der Waals surface area contributed by atoms with Gasteiger partial charge in [0.2, 0.25) is 11.8 Å². The molecule has 9 nitrogen and oxygen atoms in total. The molecule has 0 bridgehead atoms. The molecule has 0 unspecified atom stereocenters. The van der Waals surface area contributed by atoms with Crippen molar-refractivity contribution in [3.8, 4) is 11.6 Å². The van der Waals surface area contributed by atoms with Crippen molar-refractivity contribution in [2.45, 2.75) is 13.5 Å². The fourth-order valence-corrected chi connectivity index (χ4v) is 2.50. The molecule has 0 aromatic carbocycles. The molecule has 136 valence electrons. The van der Waals surface area contributed by atoms with E-state index in [1.807, 2.05) is 39.3 Å². The van der Waals surface area contributed by atoms with E-state index in [1.54, 1.807) is 24.2 Å². The molecule has 9 heteroatoms. The lowest BCUT2D eigenvalue weighted by Crippen LogP contribution is -2.05. The number of hydrogen-bond acceptors (Lipinski definition) is 8. The molecule has 0 fully saturated rings. The van der Waals surface area contributed by atoms with Crippen LogP contribution in [-0.4, -0.2) is 45.9 Å². The monoisotopic (exact) mass is 354 g/mol. The molecule has 3 heterocycles. The van der Waals surface area contributed by atoms with Crippen molar-refractivity contribution in [1.82, 2.24) is 30.0 Å². The second kappa shape index (κ2) is 7.79. The summed E-state index contributed by atoms with van der Waals surface area (Å²) in [4.78, 5) is 13.2. The van der Waals surface area contributed by atoms with Crippen molar-refractivity contribution in [3.63, 3.8) is 0 Å². The molecule has 26 heavy (non-hydrogen) atoms. The van der Waals surface area contributed by atoms with Crippen LogP contribution in [0.5, 0.6) is 5.88 Å². The molecule has 0 amide bonds. The van der Waals surface area contributed by atoms with Crippen molar-refractivity contribution in [1.29, 1.82) is 0 Å². The number of pyridine rings is 1. The number of nitrogens with zero attached hydrogens (tertiary/aromatic N) is 5. The van der Waals surface area contributed by atoms with Gasteiger partial charge in [-0.05, 0) is 20.0 Å². The van der Waals surface area contributed by atoms with Crippen molar-refractivity contribution >= 4 is 17.5 Å². The quantitative estimate of drug-likeness (QED) is 0.591. The Morgan fingerprint density at radius 3 is 2.73 bits per heavy atom. The third-order valence-electron chi connectivity index (χ3n) is 3.66. The predicted octanol–water partition coefficient (Wildman–Crippen LogP) is 1.88. The van der Waals surface area contributed by atoms with Gasteiger partial charge in [0.25, 0.3) is 0 Å². The van der Waals surface area contributed by atoms with Gasteiger partial charge in [-0.25, -0.2) is 14.6 Å². The van der Waals surface area contributed by atoms with Crippen molar-refractivity contribution in [2.75, 3.05) is 31.8 Å².